The van der Waals surface area contributed by atoms with Gasteiger partial charge in [-0.25, -0.2) is 4.98 Å². The summed E-state index contributed by atoms with van der Waals surface area (Å²) in [6.07, 6.45) is -0.668. The minimum absolute atomic E-state index is 0.413. The number of aryl methyl sites for hydroxylation is 1. The molecule has 0 spiro atoms. The lowest BCUT2D eigenvalue weighted by Gasteiger charge is -2.13. The van der Waals surface area contributed by atoms with Crippen LogP contribution in [-0.4, -0.2) is 16.6 Å². The molecule has 31 heavy (non-hydrogen) atoms. The first-order valence-corrected chi connectivity index (χ1v) is 11.0. The molecule has 0 radical (unpaired) electrons. The number of hydrogen-bond donors (Lipinski definition) is 2. The van der Waals surface area contributed by atoms with E-state index < -0.39 is 11.7 Å². The molecular formula is C23H31F3N4S. The highest BCUT2D eigenvalue weighted by molar-refractivity contribution is 7.97. The van der Waals surface area contributed by atoms with Crippen molar-refractivity contribution in [2.75, 3.05) is 12.4 Å². The standard InChI is InChI=1S/C19H19F3N4S.2C2H6/c1-23-27-15-7-8-17(16(9-15)18-11-26(2)12-25-18)24-10-13-3-5-14(6-4-13)19(20,21)22;2*1-2/h3-9,11-12,23-24H,10H2,1-2H3;2*1-2H3. The zero-order chi connectivity index (χ0) is 23.4. The number of imidazole rings is 1. The molecule has 1 heterocycles. The summed E-state index contributed by atoms with van der Waals surface area (Å²) in [6.45, 7) is 8.41. The fourth-order valence-electron chi connectivity index (χ4n) is 2.63. The Bertz CT molecular complexity index is 906. The summed E-state index contributed by atoms with van der Waals surface area (Å²) in [4.78, 5) is 5.45. The van der Waals surface area contributed by atoms with E-state index in [2.05, 4.69) is 15.0 Å². The maximum atomic E-state index is 12.7. The quantitative estimate of drug-likeness (QED) is 0.395. The molecule has 0 aliphatic heterocycles. The lowest BCUT2D eigenvalue weighted by atomic mass is 10.1. The number of alkyl halides is 3. The number of halogens is 3. The second-order valence-corrected chi connectivity index (χ2v) is 7.07. The van der Waals surface area contributed by atoms with Gasteiger partial charge in [0, 0.05) is 35.9 Å². The van der Waals surface area contributed by atoms with Gasteiger partial charge in [0.2, 0.25) is 0 Å². The Morgan fingerprint density at radius 3 is 2.16 bits per heavy atom. The van der Waals surface area contributed by atoms with Gasteiger partial charge in [0.15, 0.2) is 0 Å². The van der Waals surface area contributed by atoms with Crippen LogP contribution in [0, 0.1) is 0 Å². The van der Waals surface area contributed by atoms with Crippen molar-refractivity contribution < 1.29 is 13.2 Å². The Morgan fingerprint density at radius 1 is 1.00 bits per heavy atom. The van der Waals surface area contributed by atoms with Gasteiger partial charge < -0.3 is 9.88 Å². The monoisotopic (exact) mass is 452 g/mol. The van der Waals surface area contributed by atoms with Crippen LogP contribution < -0.4 is 10.0 Å². The lowest BCUT2D eigenvalue weighted by molar-refractivity contribution is -0.137. The molecule has 2 aromatic carbocycles. The second-order valence-electron chi connectivity index (χ2n) is 5.99. The van der Waals surface area contributed by atoms with E-state index in [1.165, 1.54) is 24.1 Å². The summed E-state index contributed by atoms with van der Waals surface area (Å²) in [5, 5.41) is 3.30. The summed E-state index contributed by atoms with van der Waals surface area (Å²) in [7, 11) is 3.75. The average molecular weight is 453 g/mol. The molecule has 3 aromatic rings. The largest absolute Gasteiger partial charge is 0.416 e. The smallest absolute Gasteiger partial charge is 0.380 e. The number of nitrogens with zero attached hydrogens (tertiary/aromatic N) is 2. The number of benzene rings is 2. The molecule has 0 bridgehead atoms. The third kappa shape index (κ3) is 7.95. The Hall–Kier alpha value is -2.45. The SMILES string of the molecule is CC.CC.CNSc1ccc(NCc2ccc(C(F)(F)F)cc2)c(-c2cn(C)cn2)c1. The maximum Gasteiger partial charge on any atom is 0.416 e. The first-order chi connectivity index (χ1) is 14.9. The van der Waals surface area contributed by atoms with Gasteiger partial charge in [-0.05, 0) is 54.9 Å². The minimum Gasteiger partial charge on any atom is -0.380 e. The molecular weight excluding hydrogens is 421 g/mol. The Balaban J connectivity index is 0.00000113. The van der Waals surface area contributed by atoms with Gasteiger partial charge in [-0.3, -0.25) is 4.72 Å². The highest BCUT2D eigenvalue weighted by atomic mass is 32.2. The topological polar surface area (TPSA) is 41.9 Å². The van der Waals surface area contributed by atoms with E-state index in [0.717, 1.165) is 39.5 Å². The van der Waals surface area contributed by atoms with Gasteiger partial charge in [-0.1, -0.05) is 39.8 Å². The van der Waals surface area contributed by atoms with Crippen molar-refractivity contribution in [2.45, 2.75) is 45.3 Å². The molecule has 0 atom stereocenters. The van der Waals surface area contributed by atoms with Crippen molar-refractivity contribution in [2.24, 2.45) is 7.05 Å². The van der Waals surface area contributed by atoms with Crippen LogP contribution in [0.5, 0.6) is 0 Å². The zero-order valence-electron chi connectivity index (χ0n) is 18.8. The van der Waals surface area contributed by atoms with Gasteiger partial charge in [0.25, 0.3) is 0 Å². The van der Waals surface area contributed by atoms with Gasteiger partial charge >= 0.3 is 6.18 Å². The number of rotatable bonds is 6. The van der Waals surface area contributed by atoms with E-state index in [1.54, 1.807) is 6.33 Å². The normalized spacial score (nSPS) is 10.5. The van der Waals surface area contributed by atoms with Crippen LogP contribution >= 0.6 is 11.9 Å². The molecule has 2 N–H and O–H groups in total. The molecule has 0 amide bonds. The number of hydrogen-bond acceptors (Lipinski definition) is 4. The van der Waals surface area contributed by atoms with Gasteiger partial charge in [0.1, 0.15) is 0 Å². The molecule has 1 aromatic heterocycles. The summed E-state index contributed by atoms with van der Waals surface area (Å²) in [5.74, 6) is 0. The molecule has 170 valence electrons. The Labute approximate surface area is 187 Å². The maximum absolute atomic E-state index is 12.7. The van der Waals surface area contributed by atoms with E-state index in [1.807, 2.05) is 70.8 Å². The first-order valence-electron chi connectivity index (χ1n) is 10.2. The number of aromatic nitrogens is 2. The van der Waals surface area contributed by atoms with Crippen LogP contribution in [0.3, 0.4) is 0 Å². The molecule has 0 aliphatic carbocycles. The highest BCUT2D eigenvalue weighted by Gasteiger charge is 2.29. The van der Waals surface area contributed by atoms with Crippen LogP contribution in [0.2, 0.25) is 0 Å². The van der Waals surface area contributed by atoms with E-state index in [9.17, 15) is 13.2 Å². The molecule has 0 aliphatic rings. The molecule has 0 saturated carbocycles. The average Bonchev–Trinajstić information content (AvgIpc) is 3.21. The van der Waals surface area contributed by atoms with E-state index in [-0.39, 0.29) is 0 Å². The predicted molar refractivity (Wildman–Crippen MR) is 125 cm³/mol. The Kier molecular flexibility index (Phi) is 11.2. The van der Waals surface area contributed by atoms with Crippen molar-refractivity contribution >= 4 is 17.6 Å². The third-order valence-electron chi connectivity index (χ3n) is 3.96. The first kappa shape index (κ1) is 26.6. The highest BCUT2D eigenvalue weighted by Crippen LogP contribution is 2.32. The van der Waals surface area contributed by atoms with E-state index >= 15 is 0 Å². The lowest BCUT2D eigenvalue weighted by Crippen LogP contribution is -2.06. The third-order valence-corrected chi connectivity index (χ3v) is 4.65. The van der Waals surface area contributed by atoms with E-state index in [0.29, 0.717) is 6.54 Å². The fourth-order valence-corrected chi connectivity index (χ4v) is 3.18. The van der Waals surface area contributed by atoms with Gasteiger partial charge in [-0.15, -0.1) is 0 Å². The summed E-state index contributed by atoms with van der Waals surface area (Å²) in [5.41, 5.74) is 2.75. The summed E-state index contributed by atoms with van der Waals surface area (Å²) < 4.78 is 43.0. The molecule has 0 unspecified atom stereocenters. The summed E-state index contributed by atoms with van der Waals surface area (Å²) >= 11 is 1.50. The van der Waals surface area contributed by atoms with Crippen LogP contribution in [0.15, 0.2) is 59.9 Å². The van der Waals surface area contributed by atoms with Crippen LogP contribution in [0.4, 0.5) is 18.9 Å². The van der Waals surface area contributed by atoms with Crippen LogP contribution in [0.25, 0.3) is 11.3 Å². The van der Waals surface area contributed by atoms with Crippen LogP contribution in [0.1, 0.15) is 38.8 Å². The van der Waals surface area contributed by atoms with Crippen molar-refractivity contribution in [3.05, 3.63) is 66.1 Å². The van der Waals surface area contributed by atoms with Crippen molar-refractivity contribution in [1.82, 2.24) is 14.3 Å². The fraction of sp³-hybridized carbons (Fsp3) is 0.348. The molecule has 0 saturated heterocycles. The molecule has 4 nitrogen and oxygen atoms in total. The zero-order valence-corrected chi connectivity index (χ0v) is 19.7. The molecule has 3 rings (SSSR count). The van der Waals surface area contributed by atoms with Crippen LogP contribution in [-0.2, 0) is 19.8 Å². The summed E-state index contributed by atoms with van der Waals surface area (Å²) in [6, 6.07) is 11.1. The number of anilines is 1. The van der Waals surface area contributed by atoms with Gasteiger partial charge in [0.05, 0.1) is 17.6 Å². The molecule has 8 heteroatoms. The van der Waals surface area contributed by atoms with Crippen molar-refractivity contribution in [3.63, 3.8) is 0 Å². The molecule has 0 fully saturated rings. The van der Waals surface area contributed by atoms with Crippen molar-refractivity contribution in [1.29, 1.82) is 0 Å². The van der Waals surface area contributed by atoms with Crippen molar-refractivity contribution in [3.8, 4) is 11.3 Å². The minimum atomic E-state index is -4.32. The van der Waals surface area contributed by atoms with E-state index in [4.69, 9.17) is 0 Å². The Morgan fingerprint density at radius 2 is 1.65 bits per heavy atom. The second kappa shape index (κ2) is 13.1. The van der Waals surface area contributed by atoms with Gasteiger partial charge in [-0.2, -0.15) is 13.2 Å². The predicted octanol–water partition coefficient (Wildman–Crippen LogP) is 7.00. The number of nitrogens with one attached hydrogen (secondary N) is 2.